The van der Waals surface area contributed by atoms with Crippen molar-refractivity contribution in [2.75, 3.05) is 13.1 Å². The van der Waals surface area contributed by atoms with Gasteiger partial charge < -0.3 is 35.4 Å². The van der Waals surface area contributed by atoms with Gasteiger partial charge in [-0.05, 0) is 78.7 Å². The molecule has 0 aliphatic rings. The molecule has 4 aromatic rings. The van der Waals surface area contributed by atoms with E-state index in [0.717, 1.165) is 23.3 Å². The molecule has 11 heteroatoms. The van der Waals surface area contributed by atoms with Crippen LogP contribution in [0.4, 0.5) is 0 Å². The number of ether oxygens (including phenoxy) is 1. The minimum atomic E-state index is -4.37. The molecule has 1 unspecified atom stereocenters. The summed E-state index contributed by atoms with van der Waals surface area (Å²) < 4.78 is 16.7. The van der Waals surface area contributed by atoms with Crippen LogP contribution in [0.25, 0.3) is 11.1 Å². The minimum Gasteiger partial charge on any atom is -0.488 e. The first kappa shape index (κ1) is 40.8. The predicted molar refractivity (Wildman–Crippen MR) is 195 cm³/mol. The van der Waals surface area contributed by atoms with E-state index in [2.05, 4.69) is 79.1 Å². The summed E-state index contributed by atoms with van der Waals surface area (Å²) in [6.45, 7) is 6.97. The van der Waals surface area contributed by atoms with Crippen LogP contribution in [0.15, 0.2) is 84.9 Å². The van der Waals surface area contributed by atoms with Gasteiger partial charge in [-0.3, -0.25) is 9.36 Å². The van der Waals surface area contributed by atoms with Crippen LogP contribution in [0.3, 0.4) is 0 Å². The summed E-state index contributed by atoms with van der Waals surface area (Å²) in [4.78, 5) is 30.5. The average Bonchev–Trinajstić information content (AvgIpc) is 3.44. The molecule has 0 amide bonds. The summed E-state index contributed by atoms with van der Waals surface area (Å²) >= 11 is 1.76. The quantitative estimate of drug-likeness (QED) is 0.0459. The van der Waals surface area contributed by atoms with E-state index in [1.807, 2.05) is 30.3 Å². The van der Waals surface area contributed by atoms with Gasteiger partial charge in [0.05, 0.1) is 6.42 Å². The third-order valence-electron chi connectivity index (χ3n) is 7.34. The number of aliphatic hydroxyl groups is 1. The number of unbranched alkanes of at least 4 members (excludes halogenated alkanes) is 1. The molecule has 4 rings (SSSR count). The highest BCUT2D eigenvalue weighted by molar-refractivity contribution is 7.52. The fourth-order valence-corrected chi connectivity index (χ4v) is 6.08. The molecule has 0 aliphatic heterocycles. The highest BCUT2D eigenvalue weighted by Crippen LogP contribution is 2.40. The van der Waals surface area contributed by atoms with E-state index < -0.39 is 19.4 Å². The lowest BCUT2D eigenvalue weighted by Crippen LogP contribution is -2.20. The number of hydrogen-bond donors (Lipinski definition) is 6. The van der Waals surface area contributed by atoms with Crippen LogP contribution >= 0.6 is 18.9 Å². The Bertz CT molecular complexity index is 1520. The van der Waals surface area contributed by atoms with Crippen molar-refractivity contribution in [3.8, 4) is 16.9 Å². The van der Waals surface area contributed by atoms with Crippen LogP contribution in [0.2, 0.25) is 0 Å². The van der Waals surface area contributed by atoms with Crippen LogP contribution in [0.1, 0.15) is 66.5 Å². The van der Waals surface area contributed by atoms with Crippen LogP contribution in [-0.2, 0) is 35.5 Å². The lowest BCUT2D eigenvalue weighted by Gasteiger charge is -2.12. The van der Waals surface area contributed by atoms with Crippen molar-refractivity contribution < 1.29 is 34.1 Å². The molecule has 0 bridgehead atoms. The molecule has 3 aromatic carbocycles. The molecule has 0 saturated carbocycles. The summed E-state index contributed by atoms with van der Waals surface area (Å²) in [6.07, 6.45) is 3.65. The van der Waals surface area contributed by atoms with Crippen molar-refractivity contribution in [2.45, 2.75) is 78.9 Å². The third kappa shape index (κ3) is 15.3. The van der Waals surface area contributed by atoms with Crippen LogP contribution < -0.4 is 15.4 Å². The Morgan fingerprint density at radius 3 is 2.06 bits per heavy atom. The fourth-order valence-electron chi connectivity index (χ4n) is 4.64. The van der Waals surface area contributed by atoms with Crippen molar-refractivity contribution in [1.29, 1.82) is 0 Å². The molecular formula is C37H51N2O7PS. The minimum absolute atomic E-state index is 0. The van der Waals surface area contributed by atoms with Gasteiger partial charge in [0, 0.05) is 29.4 Å². The number of thiophene rings is 1. The Morgan fingerprint density at radius 1 is 0.896 bits per heavy atom. The number of aliphatic carboxylic acids is 1. The first-order valence-electron chi connectivity index (χ1n) is 15.9. The van der Waals surface area contributed by atoms with E-state index in [4.69, 9.17) is 19.6 Å². The lowest BCUT2D eigenvalue weighted by molar-refractivity contribution is -0.136. The number of aryl methyl sites for hydroxylation is 2. The highest BCUT2D eigenvalue weighted by Gasteiger charge is 2.25. The van der Waals surface area contributed by atoms with Crippen molar-refractivity contribution in [3.63, 3.8) is 0 Å². The van der Waals surface area contributed by atoms with Gasteiger partial charge in [0.1, 0.15) is 12.4 Å². The van der Waals surface area contributed by atoms with Gasteiger partial charge in [0.15, 0.2) is 5.85 Å². The molecule has 48 heavy (non-hydrogen) atoms. The Hall–Kier alpha value is -3.34. The standard InChI is InChI=1S/C22H23NO3S.C14H24NO4P.CH4/c1-16-21(18-5-3-2-4-6-18)13-20(27-16)15-26-19-9-7-17(8-10-19)14-23-12-11-22(24)25;1-2-3-4-12-5-7-13(8-6-12)11-15-10-9-14(16)20(17,18)19;/h2-10,13,23H,11-12,14-15H2,1H3,(H,24,25);5-8,14-16H,2-4,9-11H2,1H3,(H2,17,18,19);1H4. The zero-order valence-electron chi connectivity index (χ0n) is 27.1. The SMILES string of the molecule is C.CCCCc1ccc(CNCCC(O)P(=O)(O)O)cc1.Cc1sc(COc2ccc(CNCCC(=O)O)cc2)cc1-c1ccccc1. The van der Waals surface area contributed by atoms with Crippen molar-refractivity contribution in [3.05, 3.63) is 111 Å². The highest BCUT2D eigenvalue weighted by atomic mass is 32.1. The van der Waals surface area contributed by atoms with Gasteiger partial charge in [0.25, 0.3) is 0 Å². The molecule has 0 aliphatic carbocycles. The Morgan fingerprint density at radius 2 is 1.48 bits per heavy atom. The smallest absolute Gasteiger partial charge is 0.353 e. The van der Waals surface area contributed by atoms with E-state index in [9.17, 15) is 14.5 Å². The summed E-state index contributed by atoms with van der Waals surface area (Å²) in [5, 5.41) is 24.0. The normalized spacial score (nSPS) is 11.6. The van der Waals surface area contributed by atoms with Crippen LogP contribution in [0.5, 0.6) is 5.75 Å². The number of rotatable bonds is 18. The molecule has 1 atom stereocenters. The van der Waals surface area contributed by atoms with Gasteiger partial charge in [0.2, 0.25) is 0 Å². The zero-order chi connectivity index (χ0) is 34.1. The molecule has 1 aromatic heterocycles. The molecule has 9 nitrogen and oxygen atoms in total. The van der Waals surface area contributed by atoms with Gasteiger partial charge in [-0.15, -0.1) is 11.3 Å². The fraction of sp³-hybridized carbons (Fsp3) is 0.378. The number of benzene rings is 3. The Kier molecular flexibility index (Phi) is 18.4. The maximum absolute atomic E-state index is 10.7. The molecule has 0 saturated heterocycles. The number of aliphatic hydroxyl groups excluding tert-OH is 1. The van der Waals surface area contributed by atoms with Crippen molar-refractivity contribution in [1.82, 2.24) is 10.6 Å². The van der Waals surface area contributed by atoms with Crippen molar-refractivity contribution in [2.24, 2.45) is 0 Å². The first-order chi connectivity index (χ1) is 22.5. The van der Waals surface area contributed by atoms with Crippen molar-refractivity contribution >= 4 is 24.9 Å². The molecular weight excluding hydrogens is 647 g/mol. The zero-order valence-corrected chi connectivity index (χ0v) is 28.8. The topological polar surface area (TPSA) is 148 Å². The Balaban J connectivity index is 0.000000342. The van der Waals surface area contributed by atoms with Crippen LogP contribution in [0, 0.1) is 6.92 Å². The van der Waals surface area contributed by atoms with E-state index in [-0.39, 0.29) is 20.3 Å². The maximum Gasteiger partial charge on any atom is 0.353 e. The van der Waals surface area contributed by atoms with E-state index in [1.54, 1.807) is 11.3 Å². The molecule has 0 radical (unpaired) electrons. The Labute approximate surface area is 289 Å². The third-order valence-corrected chi connectivity index (χ3v) is 9.40. The average molecular weight is 699 g/mol. The van der Waals surface area contributed by atoms with Gasteiger partial charge >= 0.3 is 13.6 Å². The second-order valence-corrected chi connectivity index (χ2v) is 14.4. The second kappa shape index (κ2) is 21.6. The van der Waals surface area contributed by atoms with Crippen LogP contribution in [-0.4, -0.2) is 44.9 Å². The number of carboxylic acids is 1. The largest absolute Gasteiger partial charge is 0.488 e. The summed E-state index contributed by atoms with van der Waals surface area (Å²) in [7, 11) is -4.37. The number of hydrogen-bond acceptors (Lipinski definition) is 7. The summed E-state index contributed by atoms with van der Waals surface area (Å²) in [6, 6.07) is 28.8. The van der Waals surface area contributed by atoms with E-state index >= 15 is 0 Å². The van der Waals surface area contributed by atoms with Gasteiger partial charge in [-0.2, -0.15) is 0 Å². The maximum atomic E-state index is 10.7. The first-order valence-corrected chi connectivity index (χ1v) is 18.4. The molecule has 1 heterocycles. The molecule has 0 spiro atoms. The predicted octanol–water partition coefficient (Wildman–Crippen LogP) is 7.51. The number of carboxylic acid groups (broad SMARTS) is 1. The molecule has 262 valence electrons. The summed E-state index contributed by atoms with van der Waals surface area (Å²) in [5.74, 6) is -1.53. The van der Waals surface area contributed by atoms with E-state index in [0.29, 0.717) is 32.8 Å². The monoisotopic (exact) mass is 698 g/mol. The van der Waals surface area contributed by atoms with Gasteiger partial charge in [-0.25, -0.2) is 0 Å². The summed E-state index contributed by atoms with van der Waals surface area (Å²) in [5.41, 5.74) is 6.05. The number of carbonyl (C=O) groups is 1. The molecule has 0 fully saturated rings. The lowest BCUT2D eigenvalue weighted by atomic mass is 10.1. The molecule has 6 N–H and O–H groups in total. The second-order valence-electron chi connectivity index (χ2n) is 11.3. The van der Waals surface area contributed by atoms with Gasteiger partial charge in [-0.1, -0.05) is 87.5 Å². The number of nitrogens with one attached hydrogen (secondary N) is 2. The van der Waals surface area contributed by atoms with E-state index in [1.165, 1.54) is 39.3 Å².